The molecule has 0 amide bonds. The van der Waals surface area contributed by atoms with Crippen molar-refractivity contribution in [2.45, 2.75) is 6.54 Å². The van der Waals surface area contributed by atoms with Crippen LogP contribution in [0.4, 0.5) is 5.95 Å². The maximum atomic E-state index is 5.77. The Morgan fingerprint density at radius 3 is 2.93 bits per heavy atom. The largest absolute Gasteiger partial charge is 0.369 e. The highest BCUT2D eigenvalue weighted by Crippen LogP contribution is 2.21. The van der Waals surface area contributed by atoms with E-state index in [-0.39, 0.29) is 0 Å². The number of hydrogen-bond donors (Lipinski definition) is 2. The van der Waals surface area contributed by atoms with Crippen molar-refractivity contribution in [1.29, 1.82) is 0 Å². The molecule has 4 nitrogen and oxygen atoms in total. The molecule has 0 radical (unpaired) electrons. The Kier molecular flexibility index (Phi) is 2.43. The Balaban J connectivity index is 2.64. The van der Waals surface area contributed by atoms with Crippen LogP contribution in [0.3, 0.4) is 0 Å². The van der Waals surface area contributed by atoms with Crippen molar-refractivity contribution in [3.63, 3.8) is 0 Å². The summed E-state index contributed by atoms with van der Waals surface area (Å²) in [4.78, 5) is 4.25. The highest BCUT2D eigenvalue weighted by atomic mass is 79.9. The van der Waals surface area contributed by atoms with Crippen LogP contribution in [0.1, 0.15) is 0 Å². The topological polar surface area (TPSA) is 69.9 Å². The molecule has 14 heavy (non-hydrogen) atoms. The number of hydrogen-bond acceptors (Lipinski definition) is 3. The number of nitrogen functional groups attached to an aromatic ring is 1. The van der Waals surface area contributed by atoms with Gasteiger partial charge in [-0.2, -0.15) is 0 Å². The summed E-state index contributed by atoms with van der Waals surface area (Å²) < 4.78 is 2.92. The van der Waals surface area contributed by atoms with Gasteiger partial charge >= 0.3 is 0 Å². The van der Waals surface area contributed by atoms with Crippen LogP contribution in [0.2, 0.25) is 0 Å². The van der Waals surface area contributed by atoms with Crippen LogP contribution in [0.25, 0.3) is 11.0 Å². The minimum Gasteiger partial charge on any atom is -0.369 e. The summed E-state index contributed by atoms with van der Waals surface area (Å²) in [6.45, 7) is 1.26. The number of nitrogens with two attached hydrogens (primary N) is 2. The van der Waals surface area contributed by atoms with Gasteiger partial charge in [-0.1, -0.05) is 15.9 Å². The van der Waals surface area contributed by atoms with Crippen LogP contribution < -0.4 is 11.5 Å². The van der Waals surface area contributed by atoms with Crippen LogP contribution >= 0.6 is 15.9 Å². The van der Waals surface area contributed by atoms with Crippen molar-refractivity contribution >= 4 is 32.9 Å². The lowest BCUT2D eigenvalue weighted by atomic mass is 10.3. The third kappa shape index (κ3) is 1.49. The van der Waals surface area contributed by atoms with E-state index >= 15 is 0 Å². The summed E-state index contributed by atoms with van der Waals surface area (Å²) in [5.41, 5.74) is 13.2. The summed E-state index contributed by atoms with van der Waals surface area (Å²) >= 11 is 3.39. The average molecular weight is 255 g/mol. The summed E-state index contributed by atoms with van der Waals surface area (Å²) in [6, 6.07) is 5.90. The van der Waals surface area contributed by atoms with Gasteiger partial charge in [-0.3, -0.25) is 0 Å². The molecular weight excluding hydrogens is 244 g/mol. The molecule has 1 heterocycles. The lowest BCUT2D eigenvalue weighted by Crippen LogP contribution is -2.11. The summed E-state index contributed by atoms with van der Waals surface area (Å²) in [6.07, 6.45) is 0. The summed E-state index contributed by atoms with van der Waals surface area (Å²) in [5.74, 6) is 0.517. The Bertz CT molecular complexity index is 463. The van der Waals surface area contributed by atoms with Gasteiger partial charge in [0.1, 0.15) is 0 Å². The van der Waals surface area contributed by atoms with Gasteiger partial charge in [0.05, 0.1) is 11.0 Å². The van der Waals surface area contributed by atoms with Crippen molar-refractivity contribution < 1.29 is 0 Å². The summed E-state index contributed by atoms with van der Waals surface area (Å²) in [5, 5.41) is 0. The minimum atomic E-state index is 0.517. The highest BCUT2D eigenvalue weighted by molar-refractivity contribution is 9.10. The molecule has 0 aliphatic heterocycles. The number of fused-ring (bicyclic) bond motifs is 1. The number of aromatic nitrogens is 2. The van der Waals surface area contributed by atoms with Gasteiger partial charge in [-0.25, -0.2) is 4.98 Å². The van der Waals surface area contributed by atoms with E-state index in [4.69, 9.17) is 11.5 Å². The standard InChI is InChI=1S/C9H11BrN4/c10-6-1-2-8-7(5-6)13-9(12)14(8)4-3-11/h1-2,5H,3-4,11H2,(H2,12,13). The third-order valence-corrected chi connectivity index (χ3v) is 2.59. The number of halogens is 1. The van der Waals surface area contributed by atoms with Crippen molar-refractivity contribution in [3.8, 4) is 0 Å². The van der Waals surface area contributed by atoms with Gasteiger partial charge in [0.2, 0.25) is 5.95 Å². The molecule has 4 N–H and O–H groups in total. The predicted octanol–water partition coefficient (Wildman–Crippen LogP) is 1.34. The van der Waals surface area contributed by atoms with E-state index in [1.807, 2.05) is 22.8 Å². The van der Waals surface area contributed by atoms with E-state index in [2.05, 4.69) is 20.9 Å². The maximum Gasteiger partial charge on any atom is 0.201 e. The van der Waals surface area contributed by atoms with Crippen LogP contribution in [0.5, 0.6) is 0 Å². The second-order valence-corrected chi connectivity index (χ2v) is 3.96. The number of benzene rings is 1. The highest BCUT2D eigenvalue weighted by Gasteiger charge is 2.06. The second-order valence-electron chi connectivity index (χ2n) is 3.04. The van der Waals surface area contributed by atoms with Crippen molar-refractivity contribution in [2.24, 2.45) is 5.73 Å². The molecule has 0 aliphatic rings. The van der Waals surface area contributed by atoms with Gasteiger partial charge in [0, 0.05) is 17.6 Å². The molecule has 1 aromatic carbocycles. The molecule has 74 valence electrons. The van der Waals surface area contributed by atoms with E-state index in [1.54, 1.807) is 0 Å². The zero-order valence-electron chi connectivity index (χ0n) is 7.57. The smallest absolute Gasteiger partial charge is 0.201 e. The number of rotatable bonds is 2. The van der Waals surface area contributed by atoms with Crippen molar-refractivity contribution in [1.82, 2.24) is 9.55 Å². The fourth-order valence-corrected chi connectivity index (χ4v) is 1.83. The molecule has 0 bridgehead atoms. The van der Waals surface area contributed by atoms with E-state index in [9.17, 15) is 0 Å². The van der Waals surface area contributed by atoms with Crippen LogP contribution in [-0.4, -0.2) is 16.1 Å². The molecule has 1 aromatic heterocycles. The summed E-state index contributed by atoms with van der Waals surface area (Å²) in [7, 11) is 0. The molecule has 0 atom stereocenters. The van der Waals surface area contributed by atoms with Gasteiger partial charge in [-0.15, -0.1) is 0 Å². The molecule has 2 rings (SSSR count). The maximum absolute atomic E-state index is 5.77. The molecule has 0 saturated carbocycles. The fourth-order valence-electron chi connectivity index (χ4n) is 1.49. The zero-order chi connectivity index (χ0) is 10.1. The molecule has 0 aliphatic carbocycles. The molecule has 0 saturated heterocycles. The van der Waals surface area contributed by atoms with Gasteiger partial charge < -0.3 is 16.0 Å². The predicted molar refractivity (Wildman–Crippen MR) is 60.9 cm³/mol. The number of imidazole rings is 1. The van der Waals surface area contributed by atoms with Crippen molar-refractivity contribution in [3.05, 3.63) is 22.7 Å². The molecule has 0 fully saturated rings. The Morgan fingerprint density at radius 2 is 2.21 bits per heavy atom. The molecular formula is C9H11BrN4. The monoisotopic (exact) mass is 254 g/mol. The average Bonchev–Trinajstić information content (AvgIpc) is 2.43. The van der Waals surface area contributed by atoms with Gasteiger partial charge in [0.15, 0.2) is 0 Å². The quantitative estimate of drug-likeness (QED) is 0.850. The fraction of sp³-hybridized carbons (Fsp3) is 0.222. The van der Waals surface area contributed by atoms with E-state index in [0.717, 1.165) is 15.5 Å². The van der Waals surface area contributed by atoms with E-state index in [0.29, 0.717) is 19.0 Å². The lowest BCUT2D eigenvalue weighted by Gasteiger charge is -2.02. The third-order valence-electron chi connectivity index (χ3n) is 2.09. The van der Waals surface area contributed by atoms with Crippen LogP contribution in [-0.2, 0) is 6.54 Å². The first-order valence-corrected chi connectivity index (χ1v) is 5.13. The Morgan fingerprint density at radius 1 is 1.43 bits per heavy atom. The minimum absolute atomic E-state index is 0.517. The molecule has 0 spiro atoms. The zero-order valence-corrected chi connectivity index (χ0v) is 9.16. The Labute approximate surface area is 90.0 Å². The molecule has 2 aromatic rings. The van der Waals surface area contributed by atoms with E-state index in [1.165, 1.54) is 0 Å². The number of nitrogens with zero attached hydrogens (tertiary/aromatic N) is 2. The molecule has 5 heteroatoms. The first-order valence-electron chi connectivity index (χ1n) is 4.33. The lowest BCUT2D eigenvalue weighted by molar-refractivity contribution is 0.738. The van der Waals surface area contributed by atoms with Gasteiger partial charge in [-0.05, 0) is 18.2 Å². The van der Waals surface area contributed by atoms with Crippen molar-refractivity contribution in [2.75, 3.05) is 12.3 Å². The number of anilines is 1. The Hall–Kier alpha value is -1.07. The first-order chi connectivity index (χ1) is 6.72. The first kappa shape index (κ1) is 9.48. The van der Waals surface area contributed by atoms with E-state index < -0.39 is 0 Å². The molecule has 0 unspecified atom stereocenters. The second kappa shape index (κ2) is 3.59. The van der Waals surface area contributed by atoms with Crippen LogP contribution in [0.15, 0.2) is 22.7 Å². The van der Waals surface area contributed by atoms with Crippen LogP contribution in [0, 0.1) is 0 Å². The van der Waals surface area contributed by atoms with Gasteiger partial charge in [0.25, 0.3) is 0 Å². The SMILES string of the molecule is NCCn1c(N)nc2cc(Br)ccc21. The normalized spacial score (nSPS) is 11.0.